The molecule has 4 heteroatoms. The Balaban J connectivity index is 2.00. The Morgan fingerprint density at radius 1 is 1.19 bits per heavy atom. The molecule has 0 aliphatic rings. The van der Waals surface area contributed by atoms with Crippen LogP contribution in [0.25, 0.3) is 0 Å². The lowest BCUT2D eigenvalue weighted by Crippen LogP contribution is -2.30. The zero-order valence-corrected chi connectivity index (χ0v) is 12.5. The van der Waals surface area contributed by atoms with Crippen LogP contribution in [0.5, 0.6) is 0 Å². The molecule has 0 aliphatic carbocycles. The van der Waals surface area contributed by atoms with Gasteiger partial charge in [0, 0.05) is 25.0 Å². The number of anilines is 2. The monoisotopic (exact) mass is 283 g/mol. The molecule has 0 bridgehead atoms. The standard InChI is InChI=1S/C17H21N3O/c1-13-6-3-4-9-16(13)19-17(21)12-20(2)15-8-5-7-14(10-15)11-18/h3-10H,11-12,18H2,1-2H3,(H,19,21). The quantitative estimate of drug-likeness (QED) is 0.886. The smallest absolute Gasteiger partial charge is 0.243 e. The van der Waals surface area contributed by atoms with Crippen molar-refractivity contribution in [2.45, 2.75) is 13.5 Å². The number of carbonyl (C=O) groups is 1. The minimum Gasteiger partial charge on any atom is -0.365 e. The first kappa shape index (κ1) is 15.1. The van der Waals surface area contributed by atoms with Crippen LogP contribution in [-0.2, 0) is 11.3 Å². The third kappa shape index (κ3) is 4.07. The van der Waals surface area contributed by atoms with Gasteiger partial charge in [0.05, 0.1) is 6.54 Å². The van der Waals surface area contributed by atoms with E-state index in [4.69, 9.17) is 5.73 Å². The highest BCUT2D eigenvalue weighted by molar-refractivity contribution is 5.94. The molecule has 2 rings (SSSR count). The average Bonchev–Trinajstić information content (AvgIpc) is 2.49. The molecule has 0 fully saturated rings. The van der Waals surface area contributed by atoms with Crippen molar-refractivity contribution in [3.8, 4) is 0 Å². The van der Waals surface area contributed by atoms with E-state index in [1.807, 2.05) is 67.4 Å². The van der Waals surface area contributed by atoms with Gasteiger partial charge < -0.3 is 16.0 Å². The number of nitrogens with one attached hydrogen (secondary N) is 1. The molecule has 0 aromatic heterocycles. The van der Waals surface area contributed by atoms with E-state index in [-0.39, 0.29) is 5.91 Å². The molecule has 21 heavy (non-hydrogen) atoms. The summed E-state index contributed by atoms with van der Waals surface area (Å²) in [6, 6.07) is 15.7. The molecule has 0 heterocycles. The van der Waals surface area contributed by atoms with E-state index in [9.17, 15) is 4.79 Å². The van der Waals surface area contributed by atoms with E-state index in [0.29, 0.717) is 13.1 Å². The second kappa shape index (κ2) is 6.90. The Bertz CT molecular complexity index is 625. The normalized spacial score (nSPS) is 10.2. The first-order chi connectivity index (χ1) is 10.1. The molecule has 0 aliphatic heterocycles. The number of hydrogen-bond acceptors (Lipinski definition) is 3. The van der Waals surface area contributed by atoms with Crippen LogP contribution in [0.4, 0.5) is 11.4 Å². The van der Waals surface area contributed by atoms with Crippen LogP contribution in [0, 0.1) is 6.92 Å². The Kier molecular flexibility index (Phi) is 4.95. The van der Waals surface area contributed by atoms with Gasteiger partial charge in [-0.1, -0.05) is 30.3 Å². The lowest BCUT2D eigenvalue weighted by atomic mass is 10.2. The van der Waals surface area contributed by atoms with Crippen molar-refractivity contribution in [3.63, 3.8) is 0 Å². The molecule has 1 amide bonds. The molecule has 0 radical (unpaired) electrons. The molecule has 110 valence electrons. The number of carbonyl (C=O) groups excluding carboxylic acids is 1. The number of likely N-dealkylation sites (N-methyl/N-ethyl adjacent to an activating group) is 1. The zero-order chi connectivity index (χ0) is 15.2. The Labute approximate surface area is 125 Å². The molecule has 0 atom stereocenters. The van der Waals surface area contributed by atoms with E-state index in [1.165, 1.54) is 0 Å². The Morgan fingerprint density at radius 3 is 2.67 bits per heavy atom. The summed E-state index contributed by atoms with van der Waals surface area (Å²) in [5.74, 6) is -0.0371. The van der Waals surface area contributed by atoms with Crippen LogP contribution >= 0.6 is 0 Å². The number of hydrogen-bond donors (Lipinski definition) is 2. The molecule has 0 unspecified atom stereocenters. The zero-order valence-electron chi connectivity index (χ0n) is 12.5. The van der Waals surface area contributed by atoms with Crippen molar-refractivity contribution in [3.05, 3.63) is 59.7 Å². The fourth-order valence-corrected chi connectivity index (χ4v) is 2.13. The predicted molar refractivity (Wildman–Crippen MR) is 87.4 cm³/mol. The summed E-state index contributed by atoms with van der Waals surface area (Å²) in [4.78, 5) is 14.0. The van der Waals surface area contributed by atoms with Gasteiger partial charge in [-0.25, -0.2) is 0 Å². The molecule has 2 aromatic carbocycles. The lowest BCUT2D eigenvalue weighted by molar-refractivity contribution is -0.114. The summed E-state index contributed by atoms with van der Waals surface area (Å²) in [7, 11) is 1.90. The highest BCUT2D eigenvalue weighted by Gasteiger charge is 2.09. The topological polar surface area (TPSA) is 58.4 Å². The van der Waals surface area contributed by atoms with Crippen LogP contribution in [0.1, 0.15) is 11.1 Å². The Hall–Kier alpha value is -2.33. The molecule has 0 saturated heterocycles. The fourth-order valence-electron chi connectivity index (χ4n) is 2.13. The number of benzene rings is 2. The van der Waals surface area contributed by atoms with Crippen molar-refractivity contribution >= 4 is 17.3 Å². The van der Waals surface area contributed by atoms with E-state index < -0.39 is 0 Å². The van der Waals surface area contributed by atoms with Gasteiger partial charge in [0.15, 0.2) is 0 Å². The van der Waals surface area contributed by atoms with Crippen LogP contribution < -0.4 is 16.0 Å². The van der Waals surface area contributed by atoms with Gasteiger partial charge in [-0.05, 0) is 36.2 Å². The minimum absolute atomic E-state index is 0.0371. The van der Waals surface area contributed by atoms with Gasteiger partial charge in [-0.15, -0.1) is 0 Å². The van der Waals surface area contributed by atoms with Crippen LogP contribution in [0.2, 0.25) is 0 Å². The largest absolute Gasteiger partial charge is 0.365 e. The summed E-state index contributed by atoms with van der Waals surface area (Å²) in [5, 5.41) is 2.93. The molecule has 2 aromatic rings. The number of aryl methyl sites for hydroxylation is 1. The van der Waals surface area contributed by atoms with Crippen LogP contribution in [-0.4, -0.2) is 19.5 Å². The van der Waals surface area contributed by atoms with Crippen molar-refractivity contribution < 1.29 is 4.79 Å². The van der Waals surface area contributed by atoms with Crippen LogP contribution in [0.15, 0.2) is 48.5 Å². The molecule has 3 N–H and O–H groups in total. The van der Waals surface area contributed by atoms with Crippen molar-refractivity contribution in [2.24, 2.45) is 5.73 Å². The first-order valence-corrected chi connectivity index (χ1v) is 6.96. The highest BCUT2D eigenvalue weighted by atomic mass is 16.2. The maximum absolute atomic E-state index is 12.1. The van der Waals surface area contributed by atoms with Crippen molar-refractivity contribution in [1.29, 1.82) is 0 Å². The minimum atomic E-state index is -0.0371. The number of rotatable bonds is 5. The average molecular weight is 283 g/mol. The maximum Gasteiger partial charge on any atom is 0.243 e. The summed E-state index contributed by atoms with van der Waals surface area (Å²) < 4.78 is 0. The SMILES string of the molecule is Cc1ccccc1NC(=O)CN(C)c1cccc(CN)c1. The number of nitrogens with two attached hydrogens (primary N) is 1. The highest BCUT2D eigenvalue weighted by Crippen LogP contribution is 2.16. The van der Waals surface area contributed by atoms with E-state index >= 15 is 0 Å². The summed E-state index contributed by atoms with van der Waals surface area (Å²) in [5.41, 5.74) is 9.59. The lowest BCUT2D eigenvalue weighted by Gasteiger charge is -2.19. The van der Waals surface area contributed by atoms with Crippen molar-refractivity contribution in [2.75, 3.05) is 23.8 Å². The summed E-state index contributed by atoms with van der Waals surface area (Å²) >= 11 is 0. The number of para-hydroxylation sites is 1. The van der Waals surface area contributed by atoms with Gasteiger partial charge in [0.25, 0.3) is 0 Å². The van der Waals surface area contributed by atoms with E-state index in [0.717, 1.165) is 22.5 Å². The van der Waals surface area contributed by atoms with Gasteiger partial charge in [-0.3, -0.25) is 4.79 Å². The molecule has 0 saturated carbocycles. The second-order valence-corrected chi connectivity index (χ2v) is 5.09. The summed E-state index contributed by atoms with van der Waals surface area (Å²) in [6.07, 6.45) is 0. The molecule has 0 spiro atoms. The van der Waals surface area contributed by atoms with E-state index in [1.54, 1.807) is 0 Å². The number of nitrogens with zero attached hydrogens (tertiary/aromatic N) is 1. The van der Waals surface area contributed by atoms with Gasteiger partial charge in [-0.2, -0.15) is 0 Å². The predicted octanol–water partition coefficient (Wildman–Crippen LogP) is 2.53. The molecular formula is C17H21N3O. The fraction of sp³-hybridized carbons (Fsp3) is 0.235. The Morgan fingerprint density at radius 2 is 1.95 bits per heavy atom. The summed E-state index contributed by atoms with van der Waals surface area (Å²) in [6.45, 7) is 2.77. The third-order valence-electron chi connectivity index (χ3n) is 3.39. The van der Waals surface area contributed by atoms with E-state index in [2.05, 4.69) is 5.32 Å². The van der Waals surface area contributed by atoms with Crippen LogP contribution in [0.3, 0.4) is 0 Å². The third-order valence-corrected chi connectivity index (χ3v) is 3.39. The first-order valence-electron chi connectivity index (χ1n) is 6.96. The van der Waals surface area contributed by atoms with Gasteiger partial charge in [0.2, 0.25) is 5.91 Å². The van der Waals surface area contributed by atoms with Gasteiger partial charge >= 0.3 is 0 Å². The number of amides is 1. The second-order valence-electron chi connectivity index (χ2n) is 5.09. The molecule has 4 nitrogen and oxygen atoms in total. The van der Waals surface area contributed by atoms with Gasteiger partial charge in [0.1, 0.15) is 0 Å². The molecular weight excluding hydrogens is 262 g/mol. The maximum atomic E-state index is 12.1. The van der Waals surface area contributed by atoms with Crippen molar-refractivity contribution in [1.82, 2.24) is 0 Å².